The number of fused-ring (bicyclic) bond motifs is 1. The predicted octanol–water partition coefficient (Wildman–Crippen LogP) is 6.78. The third-order valence-corrected chi connectivity index (χ3v) is 9.14. The molecule has 2 aliphatic heterocycles. The molecule has 5 rings (SSSR count). The molecule has 3 aromatic rings. The Morgan fingerprint density at radius 3 is 2.06 bits per heavy atom. The van der Waals surface area contributed by atoms with Crippen molar-refractivity contribution in [3.05, 3.63) is 94.5 Å². The van der Waals surface area contributed by atoms with Crippen LogP contribution in [0.2, 0.25) is 5.02 Å². The van der Waals surface area contributed by atoms with Gasteiger partial charge in [0.2, 0.25) is 5.91 Å². The highest BCUT2D eigenvalue weighted by atomic mass is 35.5. The quantitative estimate of drug-likeness (QED) is 0.270. The Hall–Kier alpha value is -4.44. The lowest BCUT2D eigenvalue weighted by molar-refractivity contribution is -0.137. The molecule has 3 amide bonds. The summed E-state index contributed by atoms with van der Waals surface area (Å²) in [6.07, 6.45) is -0.383. The third-order valence-electron chi connectivity index (χ3n) is 8.89. The van der Waals surface area contributed by atoms with Crippen molar-refractivity contribution in [3.63, 3.8) is 0 Å². The summed E-state index contributed by atoms with van der Waals surface area (Å²) in [6, 6.07) is 21.6. The Kier molecular flexibility index (Phi) is 11.2. The molecule has 2 heterocycles. The molecule has 11 heteroatoms. The number of anilines is 2. The van der Waals surface area contributed by atoms with Crippen LogP contribution in [0, 0.1) is 0 Å². The summed E-state index contributed by atoms with van der Waals surface area (Å²) in [5.41, 5.74) is 9.30. The number of piperazine rings is 1. The first-order valence-electron chi connectivity index (χ1n) is 17.3. The van der Waals surface area contributed by atoms with E-state index in [2.05, 4.69) is 4.90 Å². The first-order chi connectivity index (χ1) is 23.6. The van der Waals surface area contributed by atoms with Crippen LogP contribution >= 0.6 is 11.6 Å². The number of carbonyl (C=O) groups is 3. The van der Waals surface area contributed by atoms with Crippen molar-refractivity contribution in [1.82, 2.24) is 14.7 Å². The summed E-state index contributed by atoms with van der Waals surface area (Å²) in [5.74, 6) is -0.188. The van der Waals surface area contributed by atoms with Crippen molar-refractivity contribution in [1.29, 1.82) is 0 Å². The predicted molar refractivity (Wildman–Crippen MR) is 197 cm³/mol. The number of para-hydroxylation sites is 2. The number of hydrogen-bond donors (Lipinski definition) is 1. The highest BCUT2D eigenvalue weighted by Crippen LogP contribution is 2.29. The molecule has 1 saturated heterocycles. The number of ether oxygens (including phenoxy) is 2. The summed E-state index contributed by atoms with van der Waals surface area (Å²) in [4.78, 5) is 49.9. The molecule has 0 bridgehead atoms. The summed E-state index contributed by atoms with van der Waals surface area (Å²) in [6.45, 7) is 13.4. The summed E-state index contributed by atoms with van der Waals surface area (Å²) >= 11 is 6.23. The minimum absolute atomic E-state index is 0.0625. The van der Waals surface area contributed by atoms with E-state index in [4.69, 9.17) is 26.8 Å². The van der Waals surface area contributed by atoms with E-state index in [9.17, 15) is 14.4 Å². The molecular formula is C39H50ClN5O5. The van der Waals surface area contributed by atoms with Gasteiger partial charge in [0.25, 0.3) is 0 Å². The van der Waals surface area contributed by atoms with Crippen LogP contribution in [-0.2, 0) is 33.7 Å². The number of halogens is 1. The Morgan fingerprint density at radius 2 is 1.44 bits per heavy atom. The van der Waals surface area contributed by atoms with Crippen molar-refractivity contribution < 1.29 is 23.9 Å². The maximum Gasteiger partial charge on any atom is 0.411 e. The second kappa shape index (κ2) is 15.2. The van der Waals surface area contributed by atoms with Gasteiger partial charge < -0.3 is 25.0 Å². The van der Waals surface area contributed by atoms with Gasteiger partial charge in [-0.1, -0.05) is 60.1 Å². The zero-order valence-electron chi connectivity index (χ0n) is 30.0. The molecule has 0 radical (unpaired) electrons. The van der Waals surface area contributed by atoms with Gasteiger partial charge in [-0.05, 0) is 88.9 Å². The lowest BCUT2D eigenvalue weighted by Gasteiger charge is -2.43. The summed E-state index contributed by atoms with van der Waals surface area (Å²) < 4.78 is 11.8. The molecule has 3 aromatic carbocycles. The van der Waals surface area contributed by atoms with E-state index in [0.29, 0.717) is 49.9 Å². The summed E-state index contributed by atoms with van der Waals surface area (Å²) in [7, 11) is 0. The largest absolute Gasteiger partial charge is 0.444 e. The molecule has 2 unspecified atom stereocenters. The maximum absolute atomic E-state index is 14.7. The molecule has 0 aromatic heterocycles. The average molecular weight is 704 g/mol. The fraction of sp³-hybridized carbons (Fsp3) is 0.462. The third kappa shape index (κ3) is 9.41. The number of benzene rings is 3. The van der Waals surface area contributed by atoms with Crippen molar-refractivity contribution >= 4 is 41.1 Å². The monoisotopic (exact) mass is 703 g/mol. The molecule has 2 aliphatic rings. The van der Waals surface area contributed by atoms with Gasteiger partial charge in [-0.2, -0.15) is 0 Å². The van der Waals surface area contributed by atoms with Crippen LogP contribution in [0.3, 0.4) is 0 Å². The fourth-order valence-electron chi connectivity index (χ4n) is 6.49. The number of nitrogen functional groups attached to an aromatic ring is 1. The van der Waals surface area contributed by atoms with E-state index in [1.165, 1.54) is 4.90 Å². The Morgan fingerprint density at radius 1 is 0.840 bits per heavy atom. The highest BCUT2D eigenvalue weighted by Gasteiger charge is 2.41. The Labute approximate surface area is 301 Å². The van der Waals surface area contributed by atoms with E-state index in [1.54, 1.807) is 37.8 Å². The van der Waals surface area contributed by atoms with Crippen LogP contribution in [-0.4, -0.2) is 88.8 Å². The molecular weight excluding hydrogens is 654 g/mol. The normalized spacial score (nSPS) is 17.1. The van der Waals surface area contributed by atoms with E-state index >= 15 is 0 Å². The van der Waals surface area contributed by atoms with Crippen LogP contribution in [0.4, 0.5) is 21.0 Å². The van der Waals surface area contributed by atoms with E-state index in [0.717, 1.165) is 22.4 Å². The molecule has 0 saturated carbocycles. The standard InChI is InChI=1S/C39H50ClN5O5/c1-38(2,3)49-36(47)44-25-29-12-8-7-11-28(29)24-31(44)26-45(37(48)50-39(4,5)6)34(23-27-15-17-30(40)18-16-27)35(46)43-21-19-42(20-22-43)33-14-10-9-13-32(33)41/h7-18,31,34H,19-26,41H2,1-6H3. The van der Waals surface area contributed by atoms with Crippen molar-refractivity contribution in [3.8, 4) is 0 Å². The van der Waals surface area contributed by atoms with Crippen LogP contribution in [0.25, 0.3) is 0 Å². The number of rotatable bonds is 7. The van der Waals surface area contributed by atoms with Crippen LogP contribution in [0.1, 0.15) is 58.2 Å². The first kappa shape index (κ1) is 36.8. The van der Waals surface area contributed by atoms with Gasteiger partial charge in [-0.3, -0.25) is 14.6 Å². The Balaban J connectivity index is 1.50. The van der Waals surface area contributed by atoms with Crippen LogP contribution in [0.15, 0.2) is 72.8 Å². The molecule has 268 valence electrons. The number of carbonyl (C=O) groups excluding carboxylic acids is 3. The van der Waals surface area contributed by atoms with Gasteiger partial charge in [-0.15, -0.1) is 0 Å². The molecule has 2 atom stereocenters. The zero-order chi connectivity index (χ0) is 36.2. The maximum atomic E-state index is 14.7. The SMILES string of the molecule is CC(C)(C)OC(=O)N1Cc2ccccc2CC1CN(C(=O)OC(C)(C)C)C(Cc1ccc(Cl)cc1)C(=O)N1CCN(c2ccccc2N)CC1. The van der Waals surface area contributed by atoms with Crippen LogP contribution in [0.5, 0.6) is 0 Å². The minimum Gasteiger partial charge on any atom is -0.444 e. The van der Waals surface area contributed by atoms with Crippen LogP contribution < -0.4 is 10.6 Å². The van der Waals surface area contributed by atoms with E-state index in [-0.39, 0.29) is 18.9 Å². The smallest absolute Gasteiger partial charge is 0.411 e. The lowest BCUT2D eigenvalue weighted by Crippen LogP contribution is -2.60. The average Bonchev–Trinajstić information content (AvgIpc) is 3.05. The molecule has 1 fully saturated rings. The molecule has 0 aliphatic carbocycles. The first-order valence-corrected chi connectivity index (χ1v) is 17.6. The zero-order valence-corrected chi connectivity index (χ0v) is 30.8. The van der Waals surface area contributed by atoms with Crippen molar-refractivity contribution in [2.75, 3.05) is 43.4 Å². The highest BCUT2D eigenvalue weighted by molar-refractivity contribution is 6.30. The molecule has 2 N–H and O–H groups in total. The van der Waals surface area contributed by atoms with Gasteiger partial charge in [0, 0.05) is 50.7 Å². The Bertz CT molecular complexity index is 1660. The molecule has 50 heavy (non-hydrogen) atoms. The van der Waals surface area contributed by atoms with Crippen molar-refractivity contribution in [2.45, 2.75) is 84.2 Å². The topological polar surface area (TPSA) is 109 Å². The molecule has 10 nitrogen and oxygen atoms in total. The van der Waals surface area contributed by atoms with Gasteiger partial charge in [-0.25, -0.2) is 9.59 Å². The number of hydrogen-bond acceptors (Lipinski definition) is 7. The van der Waals surface area contributed by atoms with Gasteiger partial charge >= 0.3 is 12.2 Å². The number of nitrogens with two attached hydrogens (primary N) is 1. The summed E-state index contributed by atoms with van der Waals surface area (Å²) in [5, 5.41) is 0.575. The second-order valence-corrected chi connectivity index (χ2v) is 15.5. The van der Waals surface area contributed by atoms with Gasteiger partial charge in [0.15, 0.2) is 0 Å². The number of nitrogens with zero attached hydrogens (tertiary/aromatic N) is 4. The second-order valence-electron chi connectivity index (χ2n) is 15.1. The van der Waals surface area contributed by atoms with Crippen molar-refractivity contribution in [2.24, 2.45) is 0 Å². The lowest BCUT2D eigenvalue weighted by atomic mass is 9.93. The van der Waals surface area contributed by atoms with Gasteiger partial charge in [0.05, 0.1) is 17.4 Å². The van der Waals surface area contributed by atoms with E-state index < -0.39 is 35.5 Å². The molecule has 0 spiro atoms. The fourth-order valence-corrected chi connectivity index (χ4v) is 6.62. The minimum atomic E-state index is -0.919. The van der Waals surface area contributed by atoms with E-state index in [1.807, 2.05) is 86.3 Å². The van der Waals surface area contributed by atoms with Gasteiger partial charge in [0.1, 0.15) is 17.2 Å². The number of amides is 3.